The van der Waals surface area contributed by atoms with Gasteiger partial charge in [0.2, 0.25) is 0 Å². The van der Waals surface area contributed by atoms with E-state index in [4.69, 9.17) is 0 Å². The predicted octanol–water partition coefficient (Wildman–Crippen LogP) is 3.14. The summed E-state index contributed by atoms with van der Waals surface area (Å²) in [7, 11) is 0. The molecule has 1 rings (SSSR count). The number of aliphatic hydroxyl groups is 1. The first-order valence-electron chi connectivity index (χ1n) is 5.25. The van der Waals surface area contributed by atoms with Gasteiger partial charge in [-0.1, -0.05) is 25.5 Å². The zero-order valence-electron chi connectivity index (χ0n) is 9.30. The van der Waals surface area contributed by atoms with Gasteiger partial charge in [0.1, 0.15) is 0 Å². The second-order valence-corrected chi connectivity index (χ2v) is 5.28. The summed E-state index contributed by atoms with van der Waals surface area (Å²) >= 11 is 0. The van der Waals surface area contributed by atoms with Crippen molar-refractivity contribution in [3.63, 3.8) is 0 Å². The predicted molar refractivity (Wildman–Crippen MR) is 56.6 cm³/mol. The van der Waals surface area contributed by atoms with E-state index in [-0.39, 0.29) is 11.5 Å². The van der Waals surface area contributed by atoms with Crippen molar-refractivity contribution in [1.29, 1.82) is 0 Å². The molecule has 76 valence electrons. The zero-order chi connectivity index (χ0) is 10.1. The average Bonchev–Trinajstić information content (AvgIpc) is 1.97. The van der Waals surface area contributed by atoms with Crippen molar-refractivity contribution < 1.29 is 5.11 Å². The molecule has 0 saturated heterocycles. The lowest BCUT2D eigenvalue weighted by Crippen LogP contribution is -2.35. The Balaban J connectivity index is 2.56. The summed E-state index contributed by atoms with van der Waals surface area (Å²) in [4.78, 5) is 0. The van der Waals surface area contributed by atoms with Crippen LogP contribution >= 0.6 is 0 Å². The fourth-order valence-corrected chi connectivity index (χ4v) is 2.07. The van der Waals surface area contributed by atoms with Gasteiger partial charge < -0.3 is 5.11 Å². The average molecular weight is 182 g/mol. The highest BCUT2D eigenvalue weighted by atomic mass is 16.3. The lowest BCUT2D eigenvalue weighted by Gasteiger charge is -2.38. The minimum absolute atomic E-state index is 0.123. The Bertz CT molecular complexity index is 199. The molecule has 0 spiro atoms. The van der Waals surface area contributed by atoms with Crippen LogP contribution in [0.25, 0.3) is 0 Å². The van der Waals surface area contributed by atoms with Crippen LogP contribution in [0, 0.1) is 11.3 Å². The molecule has 0 amide bonds. The fourth-order valence-electron chi connectivity index (χ4n) is 2.07. The molecular formula is C12H22O. The minimum atomic E-state index is -0.123. The number of hydrogen-bond donors (Lipinski definition) is 1. The van der Waals surface area contributed by atoms with E-state index in [1.807, 2.05) is 0 Å². The molecular weight excluding hydrogens is 160 g/mol. The maximum absolute atomic E-state index is 9.89. The Hall–Kier alpha value is -0.300. The summed E-state index contributed by atoms with van der Waals surface area (Å²) in [6, 6.07) is 0. The van der Waals surface area contributed by atoms with Crippen molar-refractivity contribution >= 4 is 0 Å². The van der Waals surface area contributed by atoms with E-state index in [1.54, 1.807) is 0 Å². The highest BCUT2D eigenvalue weighted by Gasteiger charge is 2.34. The molecule has 1 saturated carbocycles. The van der Waals surface area contributed by atoms with Gasteiger partial charge in [-0.3, -0.25) is 0 Å². The molecule has 0 bridgehead atoms. The van der Waals surface area contributed by atoms with Crippen molar-refractivity contribution in [2.45, 2.75) is 53.1 Å². The van der Waals surface area contributed by atoms with Crippen LogP contribution in [0.5, 0.6) is 0 Å². The van der Waals surface area contributed by atoms with Crippen LogP contribution < -0.4 is 0 Å². The van der Waals surface area contributed by atoms with Crippen LogP contribution in [-0.2, 0) is 0 Å². The van der Waals surface area contributed by atoms with Crippen molar-refractivity contribution in [2.24, 2.45) is 11.3 Å². The van der Waals surface area contributed by atoms with Gasteiger partial charge in [-0.15, -0.1) is 0 Å². The number of rotatable bonds is 1. The Kier molecular flexibility index (Phi) is 3.18. The first kappa shape index (κ1) is 10.8. The summed E-state index contributed by atoms with van der Waals surface area (Å²) < 4.78 is 0. The smallest absolute Gasteiger partial charge is 0.0596 e. The maximum Gasteiger partial charge on any atom is 0.0596 e. The Morgan fingerprint density at radius 1 is 1.38 bits per heavy atom. The summed E-state index contributed by atoms with van der Waals surface area (Å²) in [6.07, 6.45) is 5.50. The van der Waals surface area contributed by atoms with Gasteiger partial charge in [-0.05, 0) is 44.4 Å². The second kappa shape index (κ2) is 3.83. The molecule has 1 heteroatoms. The first-order valence-corrected chi connectivity index (χ1v) is 5.25. The van der Waals surface area contributed by atoms with Gasteiger partial charge in [0.15, 0.2) is 0 Å². The molecule has 0 heterocycles. The molecule has 0 aliphatic heterocycles. The quantitative estimate of drug-likeness (QED) is 0.618. The number of hydrogen-bond acceptors (Lipinski definition) is 1. The van der Waals surface area contributed by atoms with Gasteiger partial charge in [0, 0.05) is 0 Å². The molecule has 2 unspecified atom stereocenters. The zero-order valence-corrected chi connectivity index (χ0v) is 9.30. The third-order valence-corrected chi connectivity index (χ3v) is 3.16. The lowest BCUT2D eigenvalue weighted by molar-refractivity contribution is 0.000119. The molecule has 0 aromatic carbocycles. The standard InChI is InChI=1S/C12H22O/c1-9(2)7-10-5-6-12(3,4)11(13)8-10/h7,10-11,13H,5-6,8H2,1-4H3. The Morgan fingerprint density at radius 2 is 2.00 bits per heavy atom. The van der Waals surface area contributed by atoms with E-state index in [0.717, 1.165) is 12.8 Å². The summed E-state index contributed by atoms with van der Waals surface area (Å²) in [5.74, 6) is 0.605. The van der Waals surface area contributed by atoms with Crippen LogP contribution in [0.15, 0.2) is 11.6 Å². The van der Waals surface area contributed by atoms with Crippen LogP contribution in [0.4, 0.5) is 0 Å². The van der Waals surface area contributed by atoms with E-state index in [0.29, 0.717) is 5.92 Å². The third kappa shape index (κ3) is 2.84. The van der Waals surface area contributed by atoms with Crippen molar-refractivity contribution in [3.8, 4) is 0 Å². The number of allylic oxidation sites excluding steroid dienone is 2. The van der Waals surface area contributed by atoms with E-state index in [2.05, 4.69) is 33.8 Å². The lowest BCUT2D eigenvalue weighted by atomic mass is 9.70. The maximum atomic E-state index is 9.89. The molecule has 1 aliphatic rings. The molecule has 0 aromatic rings. The van der Waals surface area contributed by atoms with Gasteiger partial charge in [0.25, 0.3) is 0 Å². The van der Waals surface area contributed by atoms with E-state index in [1.165, 1.54) is 12.0 Å². The minimum Gasteiger partial charge on any atom is -0.393 e. The molecule has 0 aromatic heterocycles. The van der Waals surface area contributed by atoms with E-state index in [9.17, 15) is 5.11 Å². The van der Waals surface area contributed by atoms with Crippen LogP contribution in [0.3, 0.4) is 0 Å². The SMILES string of the molecule is CC(C)=CC1CCC(C)(C)C(O)C1. The van der Waals surface area contributed by atoms with Gasteiger partial charge in [0.05, 0.1) is 6.10 Å². The molecule has 13 heavy (non-hydrogen) atoms. The summed E-state index contributed by atoms with van der Waals surface area (Å²) in [5.41, 5.74) is 1.50. The topological polar surface area (TPSA) is 20.2 Å². The van der Waals surface area contributed by atoms with E-state index < -0.39 is 0 Å². The summed E-state index contributed by atoms with van der Waals surface area (Å²) in [5, 5.41) is 9.89. The van der Waals surface area contributed by atoms with E-state index >= 15 is 0 Å². The normalized spacial score (nSPS) is 32.7. The van der Waals surface area contributed by atoms with Gasteiger partial charge in [-0.25, -0.2) is 0 Å². The Labute approximate surface area is 81.9 Å². The highest BCUT2D eigenvalue weighted by Crippen LogP contribution is 2.39. The van der Waals surface area contributed by atoms with Crippen LogP contribution in [0.2, 0.25) is 0 Å². The monoisotopic (exact) mass is 182 g/mol. The molecule has 0 radical (unpaired) electrons. The highest BCUT2D eigenvalue weighted by molar-refractivity contribution is 5.01. The molecule has 1 nitrogen and oxygen atoms in total. The molecule has 1 aliphatic carbocycles. The second-order valence-electron chi connectivity index (χ2n) is 5.28. The molecule has 1 N–H and O–H groups in total. The molecule has 2 atom stereocenters. The molecule has 1 fully saturated rings. The van der Waals surface area contributed by atoms with Crippen molar-refractivity contribution in [2.75, 3.05) is 0 Å². The largest absolute Gasteiger partial charge is 0.393 e. The third-order valence-electron chi connectivity index (χ3n) is 3.16. The van der Waals surface area contributed by atoms with Gasteiger partial charge in [-0.2, -0.15) is 0 Å². The van der Waals surface area contributed by atoms with Crippen molar-refractivity contribution in [1.82, 2.24) is 0 Å². The van der Waals surface area contributed by atoms with Crippen molar-refractivity contribution in [3.05, 3.63) is 11.6 Å². The van der Waals surface area contributed by atoms with Crippen LogP contribution in [0.1, 0.15) is 47.0 Å². The fraction of sp³-hybridized carbons (Fsp3) is 0.833. The van der Waals surface area contributed by atoms with Gasteiger partial charge >= 0.3 is 0 Å². The Morgan fingerprint density at radius 3 is 2.46 bits per heavy atom. The summed E-state index contributed by atoms with van der Waals surface area (Å²) in [6.45, 7) is 8.59. The van der Waals surface area contributed by atoms with Crippen LogP contribution in [-0.4, -0.2) is 11.2 Å². The first-order chi connectivity index (χ1) is 5.92. The number of aliphatic hydroxyl groups excluding tert-OH is 1.